The minimum Gasteiger partial charge on any atom is -0.507 e. The molecule has 6 heteroatoms. The van der Waals surface area contributed by atoms with Gasteiger partial charge in [-0.15, -0.1) is 0 Å². The van der Waals surface area contributed by atoms with Gasteiger partial charge in [-0.05, 0) is 37.1 Å². The molecular formula is C19H19FN2O3. The Kier molecular flexibility index (Phi) is 4.97. The molecule has 25 heavy (non-hydrogen) atoms. The first-order chi connectivity index (χ1) is 12.1. The number of amides is 2. The van der Waals surface area contributed by atoms with E-state index < -0.39 is 5.82 Å². The fourth-order valence-electron chi connectivity index (χ4n) is 2.96. The lowest BCUT2D eigenvalue weighted by molar-refractivity contribution is 0.0693. The van der Waals surface area contributed by atoms with Gasteiger partial charge in [0.15, 0.2) is 0 Å². The Hall–Kier alpha value is -2.89. The van der Waals surface area contributed by atoms with Crippen molar-refractivity contribution in [3.63, 3.8) is 0 Å². The van der Waals surface area contributed by atoms with E-state index in [4.69, 9.17) is 0 Å². The molecule has 3 rings (SSSR count). The van der Waals surface area contributed by atoms with Gasteiger partial charge in [-0.3, -0.25) is 9.59 Å². The summed E-state index contributed by atoms with van der Waals surface area (Å²) < 4.78 is 13.7. The number of benzene rings is 2. The molecule has 1 heterocycles. The monoisotopic (exact) mass is 342 g/mol. The third-order valence-corrected chi connectivity index (χ3v) is 4.37. The van der Waals surface area contributed by atoms with Crippen molar-refractivity contribution < 1.29 is 19.1 Å². The van der Waals surface area contributed by atoms with E-state index in [1.807, 2.05) is 0 Å². The number of phenolic OH excluding ortho intramolecular Hbond substituents is 1. The molecule has 0 unspecified atom stereocenters. The molecule has 0 atom stereocenters. The second kappa shape index (κ2) is 7.34. The number of carbonyl (C=O) groups excluding carboxylic acids is 2. The van der Waals surface area contributed by atoms with Crippen LogP contribution in [0.3, 0.4) is 0 Å². The minimum atomic E-state index is -0.525. The number of carbonyl (C=O) groups is 2. The number of piperidine rings is 1. The standard InChI is InChI=1S/C19H19FN2O3/c20-16-7-3-1-5-14(16)19(25)22-11-9-13(10-12-22)21-18(24)15-6-2-4-8-17(15)23/h1-8,13,23H,9-12H2,(H,21,24). The molecule has 2 aromatic carbocycles. The predicted molar refractivity (Wildman–Crippen MR) is 90.9 cm³/mol. The summed E-state index contributed by atoms with van der Waals surface area (Å²) in [6, 6.07) is 12.2. The molecule has 0 saturated carbocycles. The highest BCUT2D eigenvalue weighted by molar-refractivity contribution is 5.97. The number of halogens is 1. The zero-order valence-corrected chi connectivity index (χ0v) is 13.6. The summed E-state index contributed by atoms with van der Waals surface area (Å²) in [5, 5.41) is 12.6. The normalized spacial score (nSPS) is 15.0. The van der Waals surface area contributed by atoms with Crippen LogP contribution in [0.25, 0.3) is 0 Å². The molecule has 2 N–H and O–H groups in total. The Morgan fingerprint density at radius 2 is 1.60 bits per heavy atom. The van der Waals surface area contributed by atoms with Gasteiger partial charge in [0, 0.05) is 19.1 Å². The van der Waals surface area contributed by atoms with Crippen molar-refractivity contribution in [1.29, 1.82) is 0 Å². The summed E-state index contributed by atoms with van der Waals surface area (Å²) >= 11 is 0. The summed E-state index contributed by atoms with van der Waals surface area (Å²) in [6.45, 7) is 0.887. The van der Waals surface area contributed by atoms with Gasteiger partial charge < -0.3 is 15.3 Å². The predicted octanol–water partition coefficient (Wildman–Crippen LogP) is 2.57. The highest BCUT2D eigenvalue weighted by Crippen LogP contribution is 2.19. The van der Waals surface area contributed by atoms with Gasteiger partial charge in [0.05, 0.1) is 11.1 Å². The van der Waals surface area contributed by atoms with E-state index in [-0.39, 0.29) is 34.7 Å². The van der Waals surface area contributed by atoms with Crippen molar-refractivity contribution in [2.75, 3.05) is 13.1 Å². The lowest BCUT2D eigenvalue weighted by Crippen LogP contribution is -2.46. The van der Waals surface area contributed by atoms with Crippen LogP contribution >= 0.6 is 0 Å². The number of nitrogens with one attached hydrogen (secondary N) is 1. The Bertz CT molecular complexity index is 786. The number of hydrogen-bond donors (Lipinski definition) is 2. The van der Waals surface area contributed by atoms with Crippen molar-refractivity contribution in [2.45, 2.75) is 18.9 Å². The summed E-state index contributed by atoms with van der Waals surface area (Å²) in [5.41, 5.74) is 0.298. The van der Waals surface area contributed by atoms with Gasteiger partial charge in [0.25, 0.3) is 11.8 Å². The van der Waals surface area contributed by atoms with Crippen LogP contribution in [0.1, 0.15) is 33.6 Å². The molecule has 1 aliphatic heterocycles. The molecule has 0 aliphatic carbocycles. The SMILES string of the molecule is O=C(NC1CCN(C(=O)c2ccccc2F)CC1)c1ccccc1O. The van der Waals surface area contributed by atoms with Gasteiger partial charge in [0.1, 0.15) is 11.6 Å². The number of phenols is 1. The van der Waals surface area contributed by atoms with E-state index in [1.54, 1.807) is 35.2 Å². The number of hydrogen-bond acceptors (Lipinski definition) is 3. The van der Waals surface area contributed by atoms with Crippen molar-refractivity contribution >= 4 is 11.8 Å². The summed E-state index contributed by atoms with van der Waals surface area (Å²) in [5.74, 6) is -1.25. The molecule has 2 aromatic rings. The van der Waals surface area contributed by atoms with E-state index in [1.165, 1.54) is 18.2 Å². The van der Waals surface area contributed by atoms with Crippen LogP contribution in [0.15, 0.2) is 48.5 Å². The number of aromatic hydroxyl groups is 1. The van der Waals surface area contributed by atoms with Gasteiger partial charge in [-0.1, -0.05) is 24.3 Å². The minimum absolute atomic E-state index is 0.0628. The Balaban J connectivity index is 1.57. The average Bonchev–Trinajstić information content (AvgIpc) is 2.62. The molecule has 1 saturated heterocycles. The van der Waals surface area contributed by atoms with E-state index in [9.17, 15) is 19.1 Å². The molecule has 0 bridgehead atoms. The third kappa shape index (κ3) is 3.79. The highest BCUT2D eigenvalue weighted by atomic mass is 19.1. The summed E-state index contributed by atoms with van der Waals surface area (Å²) in [4.78, 5) is 26.2. The molecule has 0 spiro atoms. The Labute approximate surface area is 145 Å². The van der Waals surface area contributed by atoms with Crippen LogP contribution < -0.4 is 5.32 Å². The maximum atomic E-state index is 13.7. The van der Waals surface area contributed by atoms with Crippen molar-refractivity contribution in [3.05, 3.63) is 65.5 Å². The van der Waals surface area contributed by atoms with Gasteiger partial charge >= 0.3 is 0 Å². The van der Waals surface area contributed by atoms with E-state index in [0.29, 0.717) is 25.9 Å². The number of para-hydroxylation sites is 1. The first kappa shape index (κ1) is 17.0. The fraction of sp³-hybridized carbons (Fsp3) is 0.263. The van der Waals surface area contributed by atoms with Gasteiger partial charge in [0.2, 0.25) is 0 Å². The Morgan fingerprint density at radius 3 is 2.24 bits per heavy atom. The number of rotatable bonds is 3. The quantitative estimate of drug-likeness (QED) is 0.901. The first-order valence-electron chi connectivity index (χ1n) is 8.19. The lowest BCUT2D eigenvalue weighted by atomic mass is 10.0. The van der Waals surface area contributed by atoms with E-state index >= 15 is 0 Å². The van der Waals surface area contributed by atoms with Crippen LogP contribution in [-0.2, 0) is 0 Å². The topological polar surface area (TPSA) is 69.6 Å². The van der Waals surface area contributed by atoms with Crippen LogP contribution in [0.5, 0.6) is 5.75 Å². The van der Waals surface area contributed by atoms with Crippen LogP contribution in [0, 0.1) is 5.82 Å². The second-order valence-corrected chi connectivity index (χ2v) is 6.04. The van der Waals surface area contributed by atoms with Gasteiger partial charge in [-0.2, -0.15) is 0 Å². The van der Waals surface area contributed by atoms with Crippen molar-refractivity contribution in [1.82, 2.24) is 10.2 Å². The number of nitrogens with zero attached hydrogens (tertiary/aromatic N) is 1. The third-order valence-electron chi connectivity index (χ3n) is 4.37. The fourth-order valence-corrected chi connectivity index (χ4v) is 2.96. The maximum Gasteiger partial charge on any atom is 0.256 e. The zero-order chi connectivity index (χ0) is 17.8. The number of likely N-dealkylation sites (tertiary alicyclic amines) is 1. The van der Waals surface area contributed by atoms with Crippen LogP contribution in [-0.4, -0.2) is 41.0 Å². The maximum absolute atomic E-state index is 13.7. The van der Waals surface area contributed by atoms with E-state index in [2.05, 4.69) is 5.32 Å². The summed E-state index contributed by atoms with van der Waals surface area (Å²) in [7, 11) is 0. The van der Waals surface area contributed by atoms with E-state index in [0.717, 1.165) is 0 Å². The summed E-state index contributed by atoms with van der Waals surface area (Å²) in [6.07, 6.45) is 1.17. The molecule has 0 aromatic heterocycles. The molecule has 0 radical (unpaired) electrons. The Morgan fingerprint density at radius 1 is 1.00 bits per heavy atom. The second-order valence-electron chi connectivity index (χ2n) is 6.04. The van der Waals surface area contributed by atoms with Crippen molar-refractivity contribution in [3.8, 4) is 5.75 Å². The molecule has 1 fully saturated rings. The molecule has 5 nitrogen and oxygen atoms in total. The molecule has 1 aliphatic rings. The highest BCUT2D eigenvalue weighted by Gasteiger charge is 2.26. The zero-order valence-electron chi connectivity index (χ0n) is 13.6. The first-order valence-corrected chi connectivity index (χ1v) is 8.19. The van der Waals surface area contributed by atoms with Crippen molar-refractivity contribution in [2.24, 2.45) is 0 Å². The molecule has 2 amide bonds. The smallest absolute Gasteiger partial charge is 0.256 e. The molecular weight excluding hydrogens is 323 g/mol. The van der Waals surface area contributed by atoms with Crippen LogP contribution in [0.2, 0.25) is 0 Å². The average molecular weight is 342 g/mol. The van der Waals surface area contributed by atoms with Gasteiger partial charge in [-0.25, -0.2) is 4.39 Å². The molecule has 130 valence electrons. The van der Waals surface area contributed by atoms with Crippen LogP contribution in [0.4, 0.5) is 4.39 Å². The largest absolute Gasteiger partial charge is 0.507 e. The lowest BCUT2D eigenvalue weighted by Gasteiger charge is -2.32.